The number of ether oxygens (including phenoxy) is 2. The summed E-state index contributed by atoms with van der Waals surface area (Å²) in [6.45, 7) is 8.66. The zero-order valence-corrected chi connectivity index (χ0v) is 19.9. The summed E-state index contributed by atoms with van der Waals surface area (Å²) in [5, 5.41) is 9.69. The summed E-state index contributed by atoms with van der Waals surface area (Å²) >= 11 is 1.56. The van der Waals surface area contributed by atoms with Gasteiger partial charge in [0.25, 0.3) is 5.91 Å². The van der Waals surface area contributed by atoms with Gasteiger partial charge in [-0.25, -0.2) is 0 Å². The largest absolute Gasteiger partial charge is 0.486 e. The number of hydrogen-bond donors (Lipinski definition) is 1. The van der Waals surface area contributed by atoms with Crippen molar-refractivity contribution in [2.45, 2.75) is 45.3 Å². The lowest BCUT2D eigenvalue weighted by Gasteiger charge is -2.44. The van der Waals surface area contributed by atoms with Gasteiger partial charge in [-0.2, -0.15) is 5.10 Å². The number of fused-ring (bicyclic) bond motifs is 2. The van der Waals surface area contributed by atoms with E-state index in [1.807, 2.05) is 38.3 Å². The minimum Gasteiger partial charge on any atom is -0.486 e. The molecule has 4 heterocycles. The maximum absolute atomic E-state index is 13.9. The van der Waals surface area contributed by atoms with Gasteiger partial charge in [0.15, 0.2) is 11.5 Å². The summed E-state index contributed by atoms with van der Waals surface area (Å²) in [5.41, 5.74) is 0.0554. The SMILES string of the molecule is CC(C)(C)NC(=O)[C@]1(C)Cn2nc(-c3cccs3)cc2C(=O)N1c1ccc2c(c1)OCCO2. The molecule has 0 fully saturated rings. The van der Waals surface area contributed by atoms with Gasteiger partial charge >= 0.3 is 0 Å². The quantitative estimate of drug-likeness (QED) is 0.636. The number of anilines is 1. The number of thiophene rings is 1. The molecule has 2 aliphatic heterocycles. The van der Waals surface area contributed by atoms with Crippen molar-refractivity contribution in [3.8, 4) is 22.1 Å². The molecule has 8 nitrogen and oxygen atoms in total. The van der Waals surface area contributed by atoms with Crippen molar-refractivity contribution >= 4 is 28.8 Å². The van der Waals surface area contributed by atoms with Crippen molar-refractivity contribution < 1.29 is 19.1 Å². The number of carbonyl (C=O) groups excluding carboxylic acids is 2. The lowest BCUT2D eigenvalue weighted by molar-refractivity contribution is -0.128. The number of rotatable bonds is 3. The molecule has 0 saturated heterocycles. The fourth-order valence-corrected chi connectivity index (χ4v) is 4.86. The summed E-state index contributed by atoms with van der Waals surface area (Å²) < 4.78 is 13.0. The van der Waals surface area contributed by atoms with Crippen LogP contribution in [0.15, 0.2) is 41.8 Å². The molecule has 9 heteroatoms. The van der Waals surface area contributed by atoms with E-state index < -0.39 is 11.1 Å². The zero-order valence-electron chi connectivity index (χ0n) is 19.0. The highest BCUT2D eigenvalue weighted by Gasteiger charge is 2.49. The van der Waals surface area contributed by atoms with Crippen LogP contribution in [0.1, 0.15) is 38.2 Å². The van der Waals surface area contributed by atoms with Gasteiger partial charge in [-0.1, -0.05) is 6.07 Å². The maximum atomic E-state index is 13.9. The molecule has 2 aromatic heterocycles. The second kappa shape index (κ2) is 7.62. The third-order valence-corrected chi connectivity index (χ3v) is 6.58. The van der Waals surface area contributed by atoms with E-state index in [9.17, 15) is 9.59 Å². The van der Waals surface area contributed by atoms with Crippen molar-refractivity contribution in [3.63, 3.8) is 0 Å². The molecule has 0 bridgehead atoms. The Kier molecular flexibility index (Phi) is 4.97. The van der Waals surface area contributed by atoms with Gasteiger partial charge in [-0.3, -0.25) is 19.2 Å². The molecular weight excluding hydrogens is 440 g/mol. The van der Waals surface area contributed by atoms with Crippen LogP contribution in [0.4, 0.5) is 5.69 Å². The van der Waals surface area contributed by atoms with Crippen molar-refractivity contribution in [1.82, 2.24) is 15.1 Å². The third-order valence-electron chi connectivity index (χ3n) is 5.69. The molecule has 1 N–H and O–H groups in total. The molecule has 2 amide bonds. The van der Waals surface area contributed by atoms with Crippen LogP contribution in [-0.2, 0) is 11.3 Å². The van der Waals surface area contributed by atoms with Crippen LogP contribution in [0.5, 0.6) is 11.5 Å². The Morgan fingerprint density at radius 2 is 1.91 bits per heavy atom. The van der Waals surface area contributed by atoms with Crippen molar-refractivity contribution in [2.24, 2.45) is 0 Å². The van der Waals surface area contributed by atoms with Crippen molar-refractivity contribution in [2.75, 3.05) is 18.1 Å². The van der Waals surface area contributed by atoms with Gasteiger partial charge in [0, 0.05) is 17.3 Å². The summed E-state index contributed by atoms with van der Waals surface area (Å²) in [5.74, 6) is 0.640. The highest BCUT2D eigenvalue weighted by molar-refractivity contribution is 7.13. The van der Waals surface area contributed by atoms with E-state index in [1.165, 1.54) is 0 Å². The van der Waals surface area contributed by atoms with Crippen LogP contribution >= 0.6 is 11.3 Å². The second-order valence-corrected chi connectivity index (χ2v) is 10.4. The molecule has 33 heavy (non-hydrogen) atoms. The number of nitrogens with one attached hydrogen (secondary N) is 1. The van der Waals surface area contributed by atoms with Crippen LogP contribution in [0, 0.1) is 0 Å². The first kappa shape index (κ1) is 21.5. The lowest BCUT2D eigenvalue weighted by Crippen LogP contribution is -2.66. The summed E-state index contributed by atoms with van der Waals surface area (Å²) in [6, 6.07) is 11.0. The van der Waals surface area contributed by atoms with E-state index in [4.69, 9.17) is 9.47 Å². The van der Waals surface area contributed by atoms with Crippen LogP contribution in [0.2, 0.25) is 0 Å². The summed E-state index contributed by atoms with van der Waals surface area (Å²) in [7, 11) is 0. The minimum atomic E-state index is -1.21. The fourth-order valence-electron chi connectivity index (χ4n) is 4.18. The minimum absolute atomic E-state index is 0.218. The smallest absolute Gasteiger partial charge is 0.277 e. The van der Waals surface area contributed by atoms with Gasteiger partial charge in [-0.05, 0) is 57.3 Å². The van der Waals surface area contributed by atoms with Gasteiger partial charge < -0.3 is 14.8 Å². The average molecular weight is 467 g/mol. The number of amides is 2. The Hall–Kier alpha value is -3.33. The van der Waals surface area contributed by atoms with E-state index in [0.29, 0.717) is 36.1 Å². The van der Waals surface area contributed by atoms with E-state index in [2.05, 4.69) is 10.4 Å². The van der Waals surface area contributed by atoms with E-state index in [0.717, 1.165) is 10.6 Å². The number of carbonyl (C=O) groups is 2. The van der Waals surface area contributed by atoms with Crippen molar-refractivity contribution in [3.05, 3.63) is 47.5 Å². The Balaban J connectivity index is 1.62. The summed E-state index contributed by atoms with van der Waals surface area (Å²) in [4.78, 5) is 30.0. The summed E-state index contributed by atoms with van der Waals surface area (Å²) in [6.07, 6.45) is 0. The van der Waals surface area contributed by atoms with Gasteiger partial charge in [0.2, 0.25) is 5.91 Å². The predicted octanol–water partition coefficient (Wildman–Crippen LogP) is 3.72. The van der Waals surface area contributed by atoms with Gasteiger partial charge in [-0.15, -0.1) is 11.3 Å². The average Bonchev–Trinajstić information content (AvgIpc) is 3.42. The normalized spacial score (nSPS) is 19.9. The third kappa shape index (κ3) is 3.76. The van der Waals surface area contributed by atoms with E-state index in [-0.39, 0.29) is 18.4 Å². The van der Waals surface area contributed by atoms with Gasteiger partial charge in [0.1, 0.15) is 30.1 Å². The molecular formula is C24H26N4O4S. The maximum Gasteiger partial charge on any atom is 0.277 e. The molecule has 3 aromatic rings. The molecule has 0 aliphatic carbocycles. The first-order valence-electron chi connectivity index (χ1n) is 10.8. The standard InChI is InChI=1S/C24H26N4O4S/c1-23(2,3)25-22(30)24(4)14-27-17(13-16(26-27)20-6-5-11-33-20)21(29)28(24)15-7-8-18-19(12-15)32-10-9-31-18/h5-8,11-13H,9-10,14H2,1-4H3,(H,25,30)/t24-/m0/s1. The topological polar surface area (TPSA) is 85.7 Å². The molecule has 0 spiro atoms. The molecule has 0 radical (unpaired) electrons. The first-order valence-corrected chi connectivity index (χ1v) is 11.7. The van der Waals surface area contributed by atoms with Crippen LogP contribution < -0.4 is 19.7 Å². The molecule has 2 aliphatic rings. The molecule has 5 rings (SSSR count). The molecule has 172 valence electrons. The van der Waals surface area contributed by atoms with Gasteiger partial charge in [0.05, 0.1) is 11.4 Å². The molecule has 0 unspecified atom stereocenters. The number of benzene rings is 1. The van der Waals surface area contributed by atoms with Crippen molar-refractivity contribution in [1.29, 1.82) is 0 Å². The number of hydrogen-bond acceptors (Lipinski definition) is 6. The van der Waals surface area contributed by atoms with Crippen LogP contribution in [-0.4, -0.2) is 45.9 Å². The highest BCUT2D eigenvalue weighted by Crippen LogP contribution is 2.39. The predicted molar refractivity (Wildman–Crippen MR) is 126 cm³/mol. The Labute approximate surface area is 196 Å². The van der Waals surface area contributed by atoms with Crippen LogP contribution in [0.3, 0.4) is 0 Å². The lowest BCUT2D eigenvalue weighted by atomic mass is 9.92. The second-order valence-electron chi connectivity index (χ2n) is 9.50. The van der Waals surface area contributed by atoms with Crippen LogP contribution in [0.25, 0.3) is 10.6 Å². The Morgan fingerprint density at radius 3 is 2.61 bits per heavy atom. The highest BCUT2D eigenvalue weighted by atomic mass is 32.1. The fraction of sp³-hybridized carbons (Fsp3) is 0.375. The Morgan fingerprint density at radius 1 is 1.15 bits per heavy atom. The Bertz CT molecular complexity index is 1230. The number of nitrogens with zero attached hydrogens (tertiary/aromatic N) is 3. The molecule has 0 saturated carbocycles. The number of aromatic nitrogens is 2. The molecule has 1 aromatic carbocycles. The van der Waals surface area contributed by atoms with E-state index >= 15 is 0 Å². The first-order chi connectivity index (χ1) is 15.7. The zero-order chi connectivity index (χ0) is 23.4. The monoisotopic (exact) mass is 466 g/mol. The molecule has 1 atom stereocenters. The van der Waals surface area contributed by atoms with E-state index in [1.54, 1.807) is 52.1 Å².